The van der Waals surface area contributed by atoms with Gasteiger partial charge in [-0.05, 0) is 38.1 Å². The van der Waals surface area contributed by atoms with Crippen LogP contribution in [0.5, 0.6) is 0 Å². The van der Waals surface area contributed by atoms with Crippen LogP contribution in [-0.2, 0) is 90.5 Å². The first-order chi connectivity index (χ1) is 27.1. The highest BCUT2D eigenvalue weighted by molar-refractivity contribution is 7.87. The molecule has 2 aliphatic heterocycles. The quantitative estimate of drug-likeness (QED) is 0.148. The molecule has 58 heavy (non-hydrogen) atoms. The largest absolute Gasteiger partial charge is 0.456 e. The van der Waals surface area contributed by atoms with Crippen LogP contribution in [0.4, 0.5) is 0 Å². The summed E-state index contributed by atoms with van der Waals surface area (Å²) < 4.78 is 108. The summed E-state index contributed by atoms with van der Waals surface area (Å²) in [7, 11) is -9.07. The Morgan fingerprint density at radius 3 is 1.28 bits per heavy atom. The maximum atomic E-state index is 13.2. The van der Waals surface area contributed by atoms with Gasteiger partial charge < -0.3 is 43.0 Å². The molecule has 0 aliphatic carbocycles. The molecule has 0 radical (unpaired) electrons. The van der Waals surface area contributed by atoms with E-state index in [1.165, 1.54) is 48.5 Å². The lowest BCUT2D eigenvalue weighted by atomic mass is 9.96. The predicted molar refractivity (Wildman–Crippen MR) is 191 cm³/mol. The van der Waals surface area contributed by atoms with Crippen LogP contribution in [0.25, 0.3) is 0 Å². The zero-order chi connectivity index (χ0) is 43.1. The highest BCUT2D eigenvalue weighted by atomic mass is 32.2. The van der Waals surface area contributed by atoms with Crippen LogP contribution >= 0.6 is 0 Å². The number of benzene rings is 2. The molecule has 320 valence electrons. The van der Waals surface area contributed by atoms with Crippen molar-refractivity contribution >= 4 is 50.1 Å². The molecular weight excluding hydrogens is 817 g/mol. The topological polar surface area (TPSA) is 266 Å². The Hall–Kier alpha value is -4.55. The van der Waals surface area contributed by atoms with Crippen LogP contribution < -0.4 is 0 Å². The van der Waals surface area contributed by atoms with Crippen molar-refractivity contribution in [2.75, 3.05) is 13.2 Å². The maximum Gasteiger partial charge on any atom is 0.303 e. The number of hydrogen-bond donors (Lipinski definition) is 1. The lowest BCUT2D eigenvalue weighted by molar-refractivity contribution is -0.356. The molecule has 1 N–H and O–H groups in total. The number of aliphatic hydroxyl groups excluding tert-OH is 1. The van der Waals surface area contributed by atoms with E-state index in [0.29, 0.717) is 0 Å². The van der Waals surface area contributed by atoms with Crippen molar-refractivity contribution in [1.29, 1.82) is 0 Å². The number of aryl methyl sites for hydroxylation is 2. The van der Waals surface area contributed by atoms with Gasteiger partial charge in [0, 0.05) is 34.6 Å². The van der Waals surface area contributed by atoms with E-state index in [1.807, 2.05) is 0 Å². The molecule has 2 saturated heterocycles. The lowest BCUT2D eigenvalue weighted by Gasteiger charge is -2.48. The lowest BCUT2D eigenvalue weighted by Crippen LogP contribution is -2.67. The summed E-state index contributed by atoms with van der Waals surface area (Å²) in [6.07, 6.45) is -18.6. The molecule has 2 fully saturated rings. The van der Waals surface area contributed by atoms with Crippen molar-refractivity contribution in [3.05, 3.63) is 59.7 Å². The number of rotatable bonds is 15. The average molecular weight is 861 g/mol. The molecule has 2 aromatic carbocycles. The predicted octanol–water partition coefficient (Wildman–Crippen LogP) is 0.900. The van der Waals surface area contributed by atoms with E-state index in [-0.39, 0.29) is 9.79 Å². The van der Waals surface area contributed by atoms with Gasteiger partial charge in [0.15, 0.2) is 43.1 Å². The second-order valence-electron chi connectivity index (χ2n) is 13.2. The van der Waals surface area contributed by atoms with E-state index in [4.69, 9.17) is 46.3 Å². The Labute approximate surface area is 334 Å². The van der Waals surface area contributed by atoms with E-state index >= 15 is 0 Å². The summed E-state index contributed by atoms with van der Waals surface area (Å²) >= 11 is 0. The summed E-state index contributed by atoms with van der Waals surface area (Å²) in [5.41, 5.74) is 1.48. The standard InChI is InChI=1S/C36H44O20S2/c1-18-8-12-25(13-9-18)57(43,44)47-16-27-30(31(50-21(4)38)33(35(42)54-27)52-23(6)40)56-36-34(53-24(7)41)32(51-22(5)39)29(49-20(3)37)28(55-36)17-48-58(45,46)26-14-10-19(2)11-15-26/h8-15,27-36,42H,16-17H2,1-7H3/t27-,28-,29-,30-,31+,32+,33-,34-,35+,36-/m1/s1. The van der Waals surface area contributed by atoms with Gasteiger partial charge in [-0.2, -0.15) is 16.8 Å². The molecule has 2 aromatic rings. The van der Waals surface area contributed by atoms with Crippen LogP contribution in [0.2, 0.25) is 0 Å². The number of ether oxygens (including phenoxy) is 8. The summed E-state index contributed by atoms with van der Waals surface area (Å²) in [5, 5.41) is 11.0. The molecule has 0 amide bonds. The molecule has 4 rings (SSSR count). The molecule has 22 heteroatoms. The molecular formula is C36H44O20S2. The van der Waals surface area contributed by atoms with Gasteiger partial charge in [0.2, 0.25) is 0 Å². The summed E-state index contributed by atoms with van der Waals surface area (Å²) in [5.74, 6) is -5.00. The number of hydrogen-bond acceptors (Lipinski definition) is 20. The third-order valence-electron chi connectivity index (χ3n) is 8.40. The highest BCUT2D eigenvalue weighted by Crippen LogP contribution is 2.35. The van der Waals surface area contributed by atoms with E-state index in [1.54, 1.807) is 13.8 Å². The van der Waals surface area contributed by atoms with Crippen LogP contribution in [0, 0.1) is 13.8 Å². The number of carbonyl (C=O) groups excluding carboxylic acids is 5. The Morgan fingerprint density at radius 2 is 0.862 bits per heavy atom. The van der Waals surface area contributed by atoms with Crippen LogP contribution in [0.15, 0.2) is 58.3 Å². The van der Waals surface area contributed by atoms with Gasteiger partial charge in [0.25, 0.3) is 20.2 Å². The number of esters is 5. The molecule has 2 heterocycles. The smallest absolute Gasteiger partial charge is 0.303 e. The van der Waals surface area contributed by atoms with Gasteiger partial charge in [-0.15, -0.1) is 0 Å². The minimum absolute atomic E-state index is 0.262. The number of carbonyl (C=O) groups is 5. The normalized spacial score (nSPS) is 27.4. The summed E-state index contributed by atoms with van der Waals surface area (Å²) in [6.45, 7) is 6.37. The first-order valence-corrected chi connectivity index (χ1v) is 20.3. The van der Waals surface area contributed by atoms with Crippen molar-refractivity contribution < 1.29 is 92.2 Å². The molecule has 20 nitrogen and oxygen atoms in total. The molecule has 0 unspecified atom stereocenters. The number of aliphatic hydroxyl groups is 1. The molecule has 0 saturated carbocycles. The molecule has 2 aliphatic rings. The fraction of sp³-hybridized carbons (Fsp3) is 0.528. The highest BCUT2D eigenvalue weighted by Gasteiger charge is 2.57. The summed E-state index contributed by atoms with van der Waals surface area (Å²) in [4.78, 5) is 61.5. The van der Waals surface area contributed by atoms with E-state index < -0.39 is 125 Å². The van der Waals surface area contributed by atoms with Crippen molar-refractivity contribution in [3.8, 4) is 0 Å². The first-order valence-electron chi connectivity index (χ1n) is 17.5. The van der Waals surface area contributed by atoms with E-state index in [0.717, 1.165) is 45.7 Å². The first kappa shape index (κ1) is 46.1. The van der Waals surface area contributed by atoms with Gasteiger partial charge >= 0.3 is 29.8 Å². The third kappa shape index (κ3) is 12.2. The Bertz CT molecular complexity index is 2020. The molecule has 0 spiro atoms. The van der Waals surface area contributed by atoms with Crippen LogP contribution in [-0.4, -0.2) is 126 Å². The fourth-order valence-electron chi connectivity index (χ4n) is 5.95. The maximum absolute atomic E-state index is 13.2. The average Bonchev–Trinajstić information content (AvgIpc) is 3.11. The van der Waals surface area contributed by atoms with Crippen molar-refractivity contribution in [2.45, 2.75) is 120 Å². The Balaban J connectivity index is 1.81. The zero-order valence-corrected chi connectivity index (χ0v) is 34.0. The Morgan fingerprint density at radius 1 is 0.517 bits per heavy atom. The van der Waals surface area contributed by atoms with Gasteiger partial charge in [0.1, 0.15) is 18.3 Å². The van der Waals surface area contributed by atoms with Gasteiger partial charge in [-0.1, -0.05) is 35.4 Å². The SMILES string of the molecule is CC(=O)O[C@@H]1[C@@H](OC(C)=O)[C@@H](O)O[C@H](COS(=O)(=O)c2ccc(C)cc2)[C@H]1O[C@H]1O[C@H](COS(=O)(=O)c2ccc(C)cc2)[C@@H](OC(C)=O)[C@H](OC(C)=O)[C@H]1OC(C)=O. The fourth-order valence-corrected chi connectivity index (χ4v) is 7.79. The third-order valence-corrected chi connectivity index (χ3v) is 11.0. The molecule has 0 bridgehead atoms. The second kappa shape index (κ2) is 19.5. The van der Waals surface area contributed by atoms with Crippen molar-refractivity contribution in [1.82, 2.24) is 0 Å². The summed E-state index contributed by atoms with van der Waals surface area (Å²) in [6, 6.07) is 11.1. The van der Waals surface area contributed by atoms with Gasteiger partial charge in [-0.25, -0.2) is 0 Å². The van der Waals surface area contributed by atoms with Crippen molar-refractivity contribution in [2.24, 2.45) is 0 Å². The van der Waals surface area contributed by atoms with E-state index in [9.17, 15) is 45.9 Å². The van der Waals surface area contributed by atoms with Crippen LogP contribution in [0.3, 0.4) is 0 Å². The minimum atomic E-state index is -4.54. The van der Waals surface area contributed by atoms with E-state index in [2.05, 4.69) is 0 Å². The minimum Gasteiger partial charge on any atom is -0.456 e. The van der Waals surface area contributed by atoms with Crippen LogP contribution in [0.1, 0.15) is 45.7 Å². The molecule has 10 atom stereocenters. The zero-order valence-electron chi connectivity index (χ0n) is 32.3. The van der Waals surface area contributed by atoms with Gasteiger partial charge in [0.05, 0.1) is 23.0 Å². The molecule has 0 aromatic heterocycles. The second-order valence-corrected chi connectivity index (χ2v) is 16.4. The monoisotopic (exact) mass is 860 g/mol. The van der Waals surface area contributed by atoms with Gasteiger partial charge in [-0.3, -0.25) is 32.3 Å². The van der Waals surface area contributed by atoms with Crippen molar-refractivity contribution in [3.63, 3.8) is 0 Å². The Kier molecular flexibility index (Phi) is 15.5.